The summed E-state index contributed by atoms with van der Waals surface area (Å²) in [7, 11) is 4.09. The smallest absolute Gasteiger partial charge is 0.412 e. The van der Waals surface area contributed by atoms with E-state index in [0.717, 1.165) is 12.8 Å². The zero-order valence-electron chi connectivity index (χ0n) is 12.6. The van der Waals surface area contributed by atoms with Crippen LogP contribution in [0.15, 0.2) is 24.3 Å². The molecule has 0 heterocycles. The lowest BCUT2D eigenvalue weighted by Crippen LogP contribution is -2.34. The molecular weight excluding hydrogens is 300 g/mol. The molecule has 0 aliphatic rings. The van der Waals surface area contributed by atoms with Crippen LogP contribution in [0.2, 0.25) is 0 Å². The van der Waals surface area contributed by atoms with E-state index < -0.39 is 16.5 Å². The lowest BCUT2D eigenvalue weighted by Gasteiger charge is -2.23. The first-order chi connectivity index (χ1) is 9.49. The van der Waals surface area contributed by atoms with Crippen LogP contribution in [0.1, 0.15) is 0 Å². The lowest BCUT2D eigenvalue weighted by molar-refractivity contribution is 0.203. The van der Waals surface area contributed by atoms with Crippen molar-refractivity contribution in [3.05, 3.63) is 24.3 Å². The van der Waals surface area contributed by atoms with Crippen molar-refractivity contribution in [2.45, 2.75) is 0 Å². The van der Waals surface area contributed by atoms with Crippen molar-refractivity contribution in [2.75, 3.05) is 35.3 Å². The maximum Gasteiger partial charge on any atom is 0.412 e. The number of quaternary nitrogens is 1. The average molecular weight is 320 g/mol. The van der Waals surface area contributed by atoms with Gasteiger partial charge in [-0.25, -0.2) is 13.2 Å². The van der Waals surface area contributed by atoms with Crippen molar-refractivity contribution >= 4 is 22.2 Å². The Morgan fingerprint density at radius 2 is 1.81 bits per heavy atom. The number of benzene rings is 1. The van der Waals surface area contributed by atoms with Crippen molar-refractivity contribution in [3.8, 4) is 5.75 Å². The van der Waals surface area contributed by atoms with Crippen LogP contribution < -0.4 is 14.5 Å². The fourth-order valence-corrected chi connectivity index (χ4v) is 1.12. The predicted molar refractivity (Wildman–Crippen MR) is 77.8 cm³/mol. The second-order valence-electron chi connectivity index (χ2n) is 4.72. The van der Waals surface area contributed by atoms with Crippen molar-refractivity contribution < 1.29 is 26.7 Å². The Kier molecular flexibility index (Phi) is 7.30. The summed E-state index contributed by atoms with van der Waals surface area (Å²) in [5.41, 5.74) is 1.08. The SMILES string of the molecule is CNC(=O)Oc1cccc([N+](C)(C)C)c1.COS(=O)(=O)[O-]. The van der Waals surface area contributed by atoms with Gasteiger partial charge in [-0.3, -0.25) is 8.67 Å². The summed E-state index contributed by atoms with van der Waals surface area (Å²) in [6, 6.07) is 7.48. The minimum absolute atomic E-state index is 0.450. The van der Waals surface area contributed by atoms with Crippen LogP contribution in [0, 0.1) is 0 Å². The second-order valence-corrected chi connectivity index (χ2v) is 5.87. The number of nitrogens with one attached hydrogen (secondary N) is 1. The molecule has 0 bridgehead atoms. The van der Waals surface area contributed by atoms with E-state index in [2.05, 4.69) is 30.6 Å². The molecule has 1 aromatic rings. The van der Waals surface area contributed by atoms with Crippen molar-refractivity contribution in [3.63, 3.8) is 0 Å². The van der Waals surface area contributed by atoms with Crippen LogP contribution in [-0.4, -0.2) is 54.4 Å². The Morgan fingerprint density at radius 3 is 2.19 bits per heavy atom. The zero-order valence-corrected chi connectivity index (χ0v) is 13.4. The minimum atomic E-state index is -4.41. The highest BCUT2D eigenvalue weighted by Crippen LogP contribution is 2.22. The topological polar surface area (TPSA) is 105 Å². The molecule has 0 atom stereocenters. The molecule has 0 radical (unpaired) electrons. The van der Waals surface area contributed by atoms with E-state index >= 15 is 0 Å². The lowest BCUT2D eigenvalue weighted by atomic mass is 10.2. The highest BCUT2D eigenvalue weighted by molar-refractivity contribution is 7.80. The molecule has 0 saturated carbocycles. The highest BCUT2D eigenvalue weighted by atomic mass is 32.3. The summed E-state index contributed by atoms with van der Waals surface area (Å²) in [5, 5.41) is 2.41. The van der Waals surface area contributed by atoms with Crippen LogP contribution >= 0.6 is 0 Å². The molecule has 1 rings (SSSR count). The first kappa shape index (κ1) is 19.3. The maximum absolute atomic E-state index is 11.0. The predicted octanol–water partition coefficient (Wildman–Crippen LogP) is 0.695. The Hall–Kier alpha value is -1.68. The van der Waals surface area contributed by atoms with Gasteiger partial charge in [0.15, 0.2) is 0 Å². The minimum Gasteiger partial charge on any atom is -0.726 e. The van der Waals surface area contributed by atoms with Gasteiger partial charge in [-0.05, 0) is 12.1 Å². The molecular formula is C12H20N2O6S. The van der Waals surface area contributed by atoms with Crippen molar-refractivity contribution in [1.29, 1.82) is 0 Å². The van der Waals surface area contributed by atoms with Crippen molar-refractivity contribution in [1.82, 2.24) is 9.80 Å². The summed E-state index contributed by atoms with van der Waals surface area (Å²) < 4.78 is 36.7. The third kappa shape index (κ3) is 8.97. The van der Waals surface area contributed by atoms with Gasteiger partial charge in [0, 0.05) is 13.1 Å². The van der Waals surface area contributed by atoms with Gasteiger partial charge in [0.2, 0.25) is 10.4 Å². The monoisotopic (exact) mass is 320 g/mol. The average Bonchev–Trinajstić information content (AvgIpc) is 2.38. The van der Waals surface area contributed by atoms with E-state index in [4.69, 9.17) is 4.74 Å². The van der Waals surface area contributed by atoms with Crippen molar-refractivity contribution in [2.24, 2.45) is 0 Å². The van der Waals surface area contributed by atoms with Gasteiger partial charge >= 0.3 is 6.09 Å². The summed E-state index contributed by atoms with van der Waals surface area (Å²) in [5.74, 6) is 0.555. The van der Waals surface area contributed by atoms with Gasteiger partial charge in [0.25, 0.3) is 0 Å². The fraction of sp³-hybridized carbons (Fsp3) is 0.417. The van der Waals surface area contributed by atoms with E-state index in [0.29, 0.717) is 10.2 Å². The normalized spacial score (nSPS) is 11.1. The van der Waals surface area contributed by atoms with E-state index in [1.165, 1.54) is 7.05 Å². The molecule has 1 amide bonds. The summed E-state index contributed by atoms with van der Waals surface area (Å²) in [4.78, 5) is 11.0. The molecule has 0 fully saturated rings. The Morgan fingerprint density at radius 1 is 1.29 bits per heavy atom. The first-order valence-corrected chi connectivity index (χ1v) is 7.16. The van der Waals surface area contributed by atoms with Gasteiger partial charge < -0.3 is 14.6 Å². The Bertz CT molecular complexity index is 565. The number of nitrogens with zero attached hydrogens (tertiary/aromatic N) is 1. The van der Waals surface area contributed by atoms with Crippen LogP contribution in [0.4, 0.5) is 10.5 Å². The standard InChI is InChI=1S/C11H16N2O2.CH4O4S/c1-12-11(14)15-10-7-5-6-9(8-10)13(2,3)4;1-5-6(2,3)4/h5-8H,1-4H3;1H3,(H,2,3,4). The van der Waals surface area contributed by atoms with E-state index in [-0.39, 0.29) is 0 Å². The number of hydrogen-bond acceptors (Lipinski definition) is 6. The number of carbonyl (C=O) groups excluding carboxylic acids is 1. The van der Waals surface area contributed by atoms with Crippen LogP contribution in [-0.2, 0) is 14.6 Å². The molecule has 0 aliphatic carbocycles. The molecule has 0 saturated heterocycles. The van der Waals surface area contributed by atoms with Crippen LogP contribution in [0.5, 0.6) is 5.75 Å². The molecule has 1 aromatic carbocycles. The van der Waals surface area contributed by atoms with Crippen LogP contribution in [0.25, 0.3) is 0 Å². The molecule has 1 N–H and O–H groups in total. The van der Waals surface area contributed by atoms with Gasteiger partial charge in [0.1, 0.15) is 11.4 Å². The maximum atomic E-state index is 11.0. The highest BCUT2D eigenvalue weighted by Gasteiger charge is 2.13. The summed E-state index contributed by atoms with van der Waals surface area (Å²) in [6.07, 6.45) is -0.450. The second kappa shape index (κ2) is 7.93. The first-order valence-electron chi connectivity index (χ1n) is 5.82. The summed E-state index contributed by atoms with van der Waals surface area (Å²) >= 11 is 0. The largest absolute Gasteiger partial charge is 0.726 e. The zero-order chi connectivity index (χ0) is 16.7. The number of rotatable bonds is 3. The molecule has 120 valence electrons. The molecule has 9 heteroatoms. The van der Waals surface area contributed by atoms with E-state index in [1.807, 2.05) is 18.2 Å². The number of hydrogen-bond donors (Lipinski definition) is 1. The molecule has 0 aromatic heterocycles. The van der Waals surface area contributed by atoms with Gasteiger partial charge in [-0.2, -0.15) is 0 Å². The molecule has 0 unspecified atom stereocenters. The quantitative estimate of drug-likeness (QED) is 0.499. The summed E-state index contributed by atoms with van der Waals surface area (Å²) in [6.45, 7) is 0. The molecule has 0 spiro atoms. The molecule has 0 aliphatic heterocycles. The number of carbonyl (C=O) groups is 1. The third-order valence-corrected chi connectivity index (χ3v) is 2.62. The molecule has 21 heavy (non-hydrogen) atoms. The van der Waals surface area contributed by atoms with Gasteiger partial charge in [0.05, 0.1) is 28.3 Å². The number of ether oxygens (including phenoxy) is 1. The Labute approximate surface area is 124 Å². The van der Waals surface area contributed by atoms with Gasteiger partial charge in [-0.1, -0.05) is 6.07 Å². The van der Waals surface area contributed by atoms with Crippen LogP contribution in [0.3, 0.4) is 0 Å². The van der Waals surface area contributed by atoms with Gasteiger partial charge in [-0.15, -0.1) is 0 Å². The number of amides is 1. The molecule has 8 nitrogen and oxygen atoms in total. The third-order valence-electron chi connectivity index (χ3n) is 2.21. The fourth-order valence-electron chi connectivity index (χ4n) is 1.12. The van der Waals surface area contributed by atoms with E-state index in [9.17, 15) is 17.8 Å². The Balaban J connectivity index is 0.000000567. The van der Waals surface area contributed by atoms with E-state index in [1.54, 1.807) is 6.07 Å².